The predicted molar refractivity (Wildman–Crippen MR) is 136 cm³/mol. The molecule has 0 saturated heterocycles. The number of thiazole rings is 1. The van der Waals surface area contributed by atoms with E-state index in [0.29, 0.717) is 16.6 Å². The summed E-state index contributed by atoms with van der Waals surface area (Å²) in [4.78, 5) is 9.16. The largest absolute Gasteiger partial charge is 0.495 e. The third kappa shape index (κ3) is 5.06. The van der Waals surface area contributed by atoms with Crippen molar-refractivity contribution in [3.63, 3.8) is 0 Å². The van der Waals surface area contributed by atoms with Crippen molar-refractivity contribution in [2.75, 3.05) is 12.4 Å². The molecule has 9 heteroatoms. The van der Waals surface area contributed by atoms with E-state index < -0.39 is 10.0 Å². The van der Waals surface area contributed by atoms with Gasteiger partial charge in [0.1, 0.15) is 5.75 Å². The smallest absolute Gasteiger partial charge is 0.240 e. The van der Waals surface area contributed by atoms with E-state index >= 15 is 0 Å². The molecule has 0 amide bonds. The van der Waals surface area contributed by atoms with Crippen LogP contribution in [0.15, 0.2) is 65.8 Å². The zero-order valence-corrected chi connectivity index (χ0v) is 20.5. The third-order valence-electron chi connectivity index (χ3n) is 5.99. The van der Waals surface area contributed by atoms with E-state index in [1.807, 2.05) is 24.3 Å². The Morgan fingerprint density at radius 2 is 1.85 bits per heavy atom. The summed E-state index contributed by atoms with van der Waals surface area (Å²) in [6, 6.07) is 14.9. The number of aromatic nitrogens is 2. The standard InChI is InChI=1S/C25H26N4O3S2/c1-32-21-12-18(15-26-16-21)17-10-11-23-24(13-17)33-25(28-23)27-20-8-5-9-22(14-20)34(30,31)29-19-6-3-2-4-7-19/h5,8-16,19,29H,2-4,6-7H2,1H3,(H,27,28). The second-order valence-electron chi connectivity index (χ2n) is 8.42. The molecular formula is C25H26N4O3S2. The van der Waals surface area contributed by atoms with Gasteiger partial charge in [0, 0.05) is 23.5 Å². The normalized spacial score (nSPS) is 14.9. The van der Waals surface area contributed by atoms with Crippen LogP contribution in [0.4, 0.5) is 10.8 Å². The van der Waals surface area contributed by atoms with Crippen LogP contribution >= 0.6 is 11.3 Å². The van der Waals surface area contributed by atoms with Crippen molar-refractivity contribution >= 4 is 42.4 Å². The lowest BCUT2D eigenvalue weighted by atomic mass is 9.96. The summed E-state index contributed by atoms with van der Waals surface area (Å²) in [7, 11) is -1.94. The number of hydrogen-bond donors (Lipinski definition) is 2. The molecule has 0 unspecified atom stereocenters. The molecule has 2 heterocycles. The second-order valence-corrected chi connectivity index (χ2v) is 11.2. The van der Waals surface area contributed by atoms with Crippen molar-refractivity contribution in [1.82, 2.24) is 14.7 Å². The Kier molecular flexibility index (Phi) is 6.49. The fraction of sp³-hybridized carbons (Fsp3) is 0.280. The van der Waals surface area contributed by atoms with E-state index in [-0.39, 0.29) is 10.9 Å². The Labute approximate surface area is 203 Å². The molecule has 0 aliphatic heterocycles. The van der Waals surface area contributed by atoms with E-state index in [0.717, 1.165) is 47.0 Å². The Morgan fingerprint density at radius 1 is 1.00 bits per heavy atom. The molecule has 176 valence electrons. The van der Waals surface area contributed by atoms with Gasteiger partial charge in [0.05, 0.1) is 28.4 Å². The number of nitrogens with one attached hydrogen (secondary N) is 2. The van der Waals surface area contributed by atoms with Crippen LogP contribution in [-0.4, -0.2) is 31.5 Å². The molecule has 5 rings (SSSR count). The molecular weight excluding hydrogens is 468 g/mol. The number of rotatable bonds is 7. The molecule has 7 nitrogen and oxygen atoms in total. The van der Waals surface area contributed by atoms with Crippen molar-refractivity contribution in [3.8, 4) is 16.9 Å². The van der Waals surface area contributed by atoms with Crippen LogP contribution in [0.1, 0.15) is 32.1 Å². The van der Waals surface area contributed by atoms with Crippen molar-refractivity contribution in [2.45, 2.75) is 43.0 Å². The monoisotopic (exact) mass is 494 g/mol. The van der Waals surface area contributed by atoms with Gasteiger partial charge in [-0.3, -0.25) is 4.98 Å². The highest BCUT2D eigenvalue weighted by molar-refractivity contribution is 7.89. The summed E-state index contributed by atoms with van der Waals surface area (Å²) < 4.78 is 35.0. The number of nitrogens with zero attached hydrogens (tertiary/aromatic N) is 2. The van der Waals surface area contributed by atoms with Crippen LogP contribution in [-0.2, 0) is 10.0 Å². The van der Waals surface area contributed by atoms with Gasteiger partial charge in [-0.25, -0.2) is 18.1 Å². The number of pyridine rings is 1. The van der Waals surface area contributed by atoms with Gasteiger partial charge < -0.3 is 10.1 Å². The van der Waals surface area contributed by atoms with E-state index in [9.17, 15) is 8.42 Å². The Bertz CT molecular complexity index is 1410. The van der Waals surface area contributed by atoms with Crippen LogP contribution in [0.3, 0.4) is 0 Å². The first-order chi connectivity index (χ1) is 16.5. The Hall–Kier alpha value is -3.01. The maximum absolute atomic E-state index is 12.9. The van der Waals surface area contributed by atoms with Gasteiger partial charge in [-0.15, -0.1) is 0 Å². The van der Waals surface area contributed by atoms with Gasteiger partial charge in [0.25, 0.3) is 0 Å². The summed E-state index contributed by atoms with van der Waals surface area (Å²) in [5.41, 5.74) is 3.54. The van der Waals surface area contributed by atoms with Crippen molar-refractivity contribution in [3.05, 3.63) is 60.9 Å². The summed E-state index contributed by atoms with van der Waals surface area (Å²) >= 11 is 1.51. The summed E-state index contributed by atoms with van der Waals surface area (Å²) in [6.45, 7) is 0. The molecule has 0 radical (unpaired) electrons. The molecule has 1 aliphatic carbocycles. The van der Waals surface area contributed by atoms with Gasteiger partial charge in [0.2, 0.25) is 10.0 Å². The molecule has 2 aromatic carbocycles. The number of methoxy groups -OCH3 is 1. The maximum atomic E-state index is 12.9. The number of ether oxygens (including phenoxy) is 1. The first kappa shape index (κ1) is 22.8. The highest BCUT2D eigenvalue weighted by Crippen LogP contribution is 2.33. The second kappa shape index (κ2) is 9.69. The van der Waals surface area contributed by atoms with Gasteiger partial charge in [-0.1, -0.05) is 42.7 Å². The fourth-order valence-electron chi connectivity index (χ4n) is 4.22. The number of hydrogen-bond acceptors (Lipinski definition) is 7. The quantitative estimate of drug-likeness (QED) is 0.341. The molecule has 2 N–H and O–H groups in total. The molecule has 4 aromatic rings. The van der Waals surface area contributed by atoms with Gasteiger partial charge in [-0.2, -0.15) is 0 Å². The van der Waals surface area contributed by atoms with Crippen LogP contribution in [0.5, 0.6) is 5.75 Å². The van der Waals surface area contributed by atoms with Crippen molar-refractivity contribution < 1.29 is 13.2 Å². The van der Waals surface area contributed by atoms with Crippen LogP contribution < -0.4 is 14.8 Å². The zero-order valence-electron chi connectivity index (χ0n) is 18.8. The van der Waals surface area contributed by atoms with Gasteiger partial charge in [0.15, 0.2) is 5.13 Å². The van der Waals surface area contributed by atoms with E-state index in [4.69, 9.17) is 4.74 Å². The number of anilines is 2. The molecule has 0 spiro atoms. The fourth-order valence-corrected chi connectivity index (χ4v) is 6.49. The molecule has 34 heavy (non-hydrogen) atoms. The van der Waals surface area contributed by atoms with E-state index in [1.165, 1.54) is 17.8 Å². The topological polar surface area (TPSA) is 93.2 Å². The van der Waals surface area contributed by atoms with Crippen molar-refractivity contribution in [1.29, 1.82) is 0 Å². The van der Waals surface area contributed by atoms with Crippen LogP contribution in [0.25, 0.3) is 21.3 Å². The Morgan fingerprint density at radius 3 is 2.68 bits per heavy atom. The van der Waals surface area contributed by atoms with E-state index in [2.05, 4.69) is 26.1 Å². The Balaban J connectivity index is 1.36. The summed E-state index contributed by atoms with van der Waals surface area (Å²) in [5, 5.41) is 3.97. The average molecular weight is 495 g/mol. The highest BCUT2D eigenvalue weighted by atomic mass is 32.2. The summed E-state index contributed by atoms with van der Waals surface area (Å²) in [6.07, 6.45) is 8.60. The lowest BCUT2D eigenvalue weighted by Crippen LogP contribution is -2.36. The van der Waals surface area contributed by atoms with E-state index in [1.54, 1.807) is 37.7 Å². The summed E-state index contributed by atoms with van der Waals surface area (Å²) in [5.74, 6) is 0.706. The minimum Gasteiger partial charge on any atom is -0.495 e. The lowest BCUT2D eigenvalue weighted by Gasteiger charge is -2.22. The molecule has 1 saturated carbocycles. The van der Waals surface area contributed by atoms with Gasteiger partial charge >= 0.3 is 0 Å². The molecule has 0 bridgehead atoms. The first-order valence-corrected chi connectivity index (χ1v) is 13.6. The average Bonchev–Trinajstić information content (AvgIpc) is 3.26. The molecule has 2 aromatic heterocycles. The van der Waals surface area contributed by atoms with Crippen LogP contribution in [0.2, 0.25) is 0 Å². The van der Waals surface area contributed by atoms with Gasteiger partial charge in [-0.05, 0) is 54.8 Å². The molecule has 1 fully saturated rings. The first-order valence-electron chi connectivity index (χ1n) is 11.3. The minimum atomic E-state index is -3.56. The SMILES string of the molecule is COc1cncc(-c2ccc3nc(Nc4cccc(S(=O)(=O)NC5CCCCC5)c4)sc3c2)c1. The number of fused-ring (bicyclic) bond motifs is 1. The maximum Gasteiger partial charge on any atom is 0.240 e. The highest BCUT2D eigenvalue weighted by Gasteiger charge is 2.22. The molecule has 0 atom stereocenters. The zero-order chi connectivity index (χ0) is 23.5. The minimum absolute atomic E-state index is 0.0219. The number of benzene rings is 2. The van der Waals surface area contributed by atoms with Crippen LogP contribution in [0, 0.1) is 0 Å². The number of sulfonamides is 1. The third-order valence-corrected chi connectivity index (χ3v) is 8.44. The lowest BCUT2D eigenvalue weighted by molar-refractivity contribution is 0.412. The van der Waals surface area contributed by atoms with Crippen molar-refractivity contribution in [2.24, 2.45) is 0 Å². The molecule has 1 aliphatic rings. The predicted octanol–water partition coefficient (Wildman–Crippen LogP) is 5.72.